The molecule has 0 spiro atoms. The molecular weight excluding hydrogens is 396 g/mol. The maximum Gasteiger partial charge on any atom is 0.336 e. The van der Waals surface area contributed by atoms with Crippen molar-refractivity contribution in [2.75, 3.05) is 11.9 Å². The van der Waals surface area contributed by atoms with Crippen LogP contribution in [-0.2, 0) is 14.8 Å². The van der Waals surface area contributed by atoms with Crippen molar-refractivity contribution in [1.29, 1.82) is 5.26 Å². The van der Waals surface area contributed by atoms with Gasteiger partial charge < -0.3 is 10.6 Å². The molecule has 150 valence electrons. The van der Waals surface area contributed by atoms with Crippen LogP contribution in [0.15, 0.2) is 29.3 Å². The lowest BCUT2D eigenvalue weighted by atomic mass is 10.1. The number of nitriles is 1. The zero-order chi connectivity index (χ0) is 21.3. The van der Waals surface area contributed by atoms with Crippen LogP contribution in [-0.4, -0.2) is 41.2 Å². The van der Waals surface area contributed by atoms with Gasteiger partial charge in [0.25, 0.3) is 10.0 Å². The zero-order valence-corrected chi connectivity index (χ0v) is 16.7. The Labute approximate surface area is 167 Å². The highest BCUT2D eigenvalue weighted by atomic mass is 32.2. The van der Waals surface area contributed by atoms with Crippen molar-refractivity contribution in [3.63, 3.8) is 0 Å². The van der Waals surface area contributed by atoms with E-state index in [1.165, 1.54) is 12.3 Å². The van der Waals surface area contributed by atoms with E-state index in [0.29, 0.717) is 21.1 Å². The summed E-state index contributed by atoms with van der Waals surface area (Å²) < 4.78 is 26.3. The number of hydrogen-bond donors (Lipinski definition) is 2. The van der Waals surface area contributed by atoms with E-state index in [9.17, 15) is 18.0 Å². The van der Waals surface area contributed by atoms with Gasteiger partial charge in [0.05, 0.1) is 11.7 Å². The van der Waals surface area contributed by atoms with Crippen molar-refractivity contribution < 1.29 is 18.0 Å². The molecule has 0 radical (unpaired) electrons. The molecule has 10 nitrogen and oxygen atoms in total. The first-order valence-corrected chi connectivity index (χ1v) is 10.1. The van der Waals surface area contributed by atoms with Gasteiger partial charge in [-0.1, -0.05) is 12.1 Å². The minimum atomic E-state index is -4.18. The van der Waals surface area contributed by atoms with Crippen molar-refractivity contribution in [3.05, 3.63) is 47.0 Å². The number of carbonyl (C=O) groups is 2. The predicted molar refractivity (Wildman–Crippen MR) is 102 cm³/mol. The number of sulfonamides is 1. The molecule has 11 heteroatoms. The fourth-order valence-electron chi connectivity index (χ4n) is 3.10. The second kappa shape index (κ2) is 7.48. The van der Waals surface area contributed by atoms with Gasteiger partial charge in [-0.2, -0.15) is 5.26 Å². The summed E-state index contributed by atoms with van der Waals surface area (Å²) in [5.41, 5.74) is 1.73. The highest BCUT2D eigenvalue weighted by Gasteiger charge is 2.39. The fraction of sp³-hybridized carbons (Fsp3) is 0.278. The SMILES string of the molecule is Cc1cccc2c1S(=O)(=O)N(CC(=O)N[C@H](C)c1cnc(C#N)nc1C)C(=O)N2. The Morgan fingerprint density at radius 3 is 2.76 bits per heavy atom. The third-order valence-electron chi connectivity index (χ3n) is 4.48. The molecule has 0 bridgehead atoms. The summed E-state index contributed by atoms with van der Waals surface area (Å²) in [6.45, 7) is 4.27. The number of anilines is 1. The van der Waals surface area contributed by atoms with Crippen LogP contribution in [0.4, 0.5) is 10.5 Å². The smallest absolute Gasteiger partial charge is 0.336 e. The average molecular weight is 414 g/mol. The van der Waals surface area contributed by atoms with E-state index >= 15 is 0 Å². The van der Waals surface area contributed by atoms with Crippen LogP contribution in [0.2, 0.25) is 0 Å². The molecule has 1 aliphatic rings. The fourth-order valence-corrected chi connectivity index (χ4v) is 4.74. The minimum Gasteiger partial charge on any atom is -0.348 e. The summed E-state index contributed by atoms with van der Waals surface area (Å²) >= 11 is 0. The van der Waals surface area contributed by atoms with Gasteiger partial charge in [-0.3, -0.25) is 4.79 Å². The molecule has 1 aromatic carbocycles. The van der Waals surface area contributed by atoms with Gasteiger partial charge in [-0.25, -0.2) is 27.5 Å². The lowest BCUT2D eigenvalue weighted by Gasteiger charge is -2.29. The number of hydrogen-bond acceptors (Lipinski definition) is 7. The Balaban J connectivity index is 1.79. The number of aryl methyl sites for hydroxylation is 2. The Hall–Kier alpha value is -3.52. The van der Waals surface area contributed by atoms with Crippen molar-refractivity contribution in [3.8, 4) is 6.07 Å². The first kappa shape index (κ1) is 20.2. The number of urea groups is 1. The van der Waals surface area contributed by atoms with Crippen LogP contribution in [0.25, 0.3) is 0 Å². The molecule has 1 aliphatic heterocycles. The summed E-state index contributed by atoms with van der Waals surface area (Å²) in [7, 11) is -4.18. The third-order valence-corrected chi connectivity index (χ3v) is 6.41. The molecule has 3 rings (SSSR count). The number of rotatable bonds is 4. The second-order valence-corrected chi connectivity index (χ2v) is 8.33. The molecule has 2 N–H and O–H groups in total. The first-order valence-electron chi connectivity index (χ1n) is 8.61. The summed E-state index contributed by atoms with van der Waals surface area (Å²) in [4.78, 5) is 32.6. The Bertz CT molecular complexity index is 1160. The molecule has 2 heterocycles. The molecule has 1 aromatic heterocycles. The molecule has 0 aliphatic carbocycles. The Morgan fingerprint density at radius 2 is 2.10 bits per heavy atom. The summed E-state index contributed by atoms with van der Waals surface area (Å²) in [5.74, 6) is -0.660. The summed E-state index contributed by atoms with van der Waals surface area (Å²) in [6.07, 6.45) is 1.43. The van der Waals surface area contributed by atoms with Crippen LogP contribution in [0, 0.1) is 25.2 Å². The molecule has 2 aromatic rings. The zero-order valence-electron chi connectivity index (χ0n) is 15.9. The third kappa shape index (κ3) is 3.74. The van der Waals surface area contributed by atoms with E-state index in [2.05, 4.69) is 20.6 Å². The topological polar surface area (TPSA) is 145 Å². The molecule has 0 saturated carbocycles. The van der Waals surface area contributed by atoms with Crippen LogP contribution < -0.4 is 10.6 Å². The van der Waals surface area contributed by atoms with Crippen molar-refractivity contribution in [2.24, 2.45) is 0 Å². The molecular formula is C18H18N6O4S. The van der Waals surface area contributed by atoms with Crippen LogP contribution >= 0.6 is 0 Å². The van der Waals surface area contributed by atoms with Gasteiger partial charge >= 0.3 is 6.03 Å². The monoisotopic (exact) mass is 414 g/mol. The van der Waals surface area contributed by atoms with Gasteiger partial charge in [0.2, 0.25) is 11.7 Å². The van der Waals surface area contributed by atoms with E-state index in [1.807, 2.05) is 6.07 Å². The van der Waals surface area contributed by atoms with E-state index in [-0.39, 0.29) is 16.4 Å². The maximum atomic E-state index is 12.9. The predicted octanol–water partition coefficient (Wildman–Crippen LogP) is 1.38. The molecule has 29 heavy (non-hydrogen) atoms. The largest absolute Gasteiger partial charge is 0.348 e. The molecule has 0 fully saturated rings. The number of nitrogens with zero attached hydrogens (tertiary/aromatic N) is 4. The number of nitrogens with one attached hydrogen (secondary N) is 2. The summed E-state index contributed by atoms with van der Waals surface area (Å²) in [5, 5.41) is 14.0. The number of amides is 3. The Kier molecular flexibility index (Phi) is 5.21. The van der Waals surface area contributed by atoms with Crippen molar-refractivity contribution >= 4 is 27.6 Å². The van der Waals surface area contributed by atoms with Gasteiger partial charge in [-0.15, -0.1) is 0 Å². The van der Waals surface area contributed by atoms with Crippen molar-refractivity contribution in [1.82, 2.24) is 19.6 Å². The Morgan fingerprint density at radius 1 is 1.38 bits per heavy atom. The van der Waals surface area contributed by atoms with Crippen molar-refractivity contribution in [2.45, 2.75) is 31.7 Å². The highest BCUT2D eigenvalue weighted by molar-refractivity contribution is 7.90. The first-order chi connectivity index (χ1) is 13.6. The number of fused-ring (bicyclic) bond motifs is 1. The second-order valence-electron chi connectivity index (χ2n) is 6.53. The number of carbonyl (C=O) groups excluding carboxylic acids is 2. The lowest BCUT2D eigenvalue weighted by molar-refractivity contribution is -0.121. The minimum absolute atomic E-state index is 0.00916. The van der Waals surface area contributed by atoms with Gasteiger partial charge in [0.15, 0.2) is 0 Å². The van der Waals surface area contributed by atoms with Crippen LogP contribution in [0.5, 0.6) is 0 Å². The molecule has 0 unspecified atom stereocenters. The molecule has 1 atom stereocenters. The standard InChI is InChI=1S/C18H18N6O4S/c1-10-5-4-6-14-17(10)29(27,28)24(18(26)23-14)9-16(25)22-12(3)13-8-20-15(7-19)21-11(13)2/h4-6,8,12H,9H2,1-3H3,(H,22,25)(H,23,26)/t12-/m1/s1. The average Bonchev–Trinajstić information content (AvgIpc) is 2.64. The molecule has 0 saturated heterocycles. The number of benzene rings is 1. The maximum absolute atomic E-state index is 12.9. The normalized spacial score (nSPS) is 15.7. The van der Waals surface area contributed by atoms with E-state index in [4.69, 9.17) is 5.26 Å². The molecule has 3 amide bonds. The van der Waals surface area contributed by atoms with Gasteiger partial charge in [-0.05, 0) is 32.4 Å². The number of aromatic nitrogens is 2. The van der Waals surface area contributed by atoms with Crippen LogP contribution in [0.1, 0.15) is 35.6 Å². The highest BCUT2D eigenvalue weighted by Crippen LogP contribution is 2.32. The lowest BCUT2D eigenvalue weighted by Crippen LogP contribution is -2.49. The quantitative estimate of drug-likeness (QED) is 0.768. The van der Waals surface area contributed by atoms with Crippen LogP contribution in [0.3, 0.4) is 0 Å². The van der Waals surface area contributed by atoms with E-state index in [1.54, 1.807) is 32.9 Å². The van der Waals surface area contributed by atoms with Gasteiger partial charge in [0, 0.05) is 17.5 Å². The van der Waals surface area contributed by atoms with E-state index in [0.717, 1.165) is 0 Å². The van der Waals surface area contributed by atoms with E-state index < -0.39 is 34.5 Å². The summed E-state index contributed by atoms with van der Waals surface area (Å²) in [6, 6.07) is 5.11. The van der Waals surface area contributed by atoms with Gasteiger partial charge in [0.1, 0.15) is 17.5 Å².